The Bertz CT molecular complexity index is 1120. The Morgan fingerprint density at radius 1 is 1.03 bits per heavy atom. The smallest absolute Gasteiger partial charge is 0.308 e. The third-order valence-electron chi connectivity index (χ3n) is 11.9. The van der Waals surface area contributed by atoms with Gasteiger partial charge >= 0.3 is 5.97 Å². The molecule has 0 bridgehead atoms. The van der Waals surface area contributed by atoms with Crippen molar-refractivity contribution in [2.24, 2.45) is 45.3 Å². The summed E-state index contributed by atoms with van der Waals surface area (Å²) in [4.78, 5) is 52.9. The number of rotatable bonds is 6. The van der Waals surface area contributed by atoms with E-state index in [1.54, 1.807) is 20.8 Å². The van der Waals surface area contributed by atoms with Gasteiger partial charge in [-0.15, -0.1) is 0 Å². The number of carbonyl (C=O) groups is 4. The molecule has 3 N–H and O–H groups in total. The topological polar surface area (TPSA) is 138 Å². The minimum absolute atomic E-state index is 0.0164. The largest absolute Gasteiger partial charge is 0.469 e. The molecule has 10 atom stereocenters. The van der Waals surface area contributed by atoms with Gasteiger partial charge in [0.25, 0.3) is 0 Å². The Labute approximate surface area is 231 Å². The minimum Gasteiger partial charge on any atom is -0.469 e. The number of ether oxygens (including phenoxy) is 1. The van der Waals surface area contributed by atoms with Crippen LogP contribution >= 0.6 is 0 Å². The lowest BCUT2D eigenvalue weighted by Crippen LogP contribution is -2.64. The monoisotopic (exact) mass is 546 g/mol. The zero-order valence-corrected chi connectivity index (χ0v) is 24.7. The number of hydrogen-bond donors (Lipinski definition) is 3. The molecule has 4 rings (SSSR count). The molecular formula is C31H46O8. The predicted molar refractivity (Wildman–Crippen MR) is 143 cm³/mol. The number of esters is 1. The van der Waals surface area contributed by atoms with Gasteiger partial charge in [-0.2, -0.15) is 0 Å². The second-order valence-electron chi connectivity index (χ2n) is 14.1. The van der Waals surface area contributed by atoms with Crippen LogP contribution in [0.15, 0.2) is 11.1 Å². The molecule has 0 aromatic heterocycles. The van der Waals surface area contributed by atoms with E-state index in [2.05, 4.69) is 0 Å². The third kappa shape index (κ3) is 3.95. The Morgan fingerprint density at radius 2 is 1.64 bits per heavy atom. The summed E-state index contributed by atoms with van der Waals surface area (Å²) < 4.78 is 4.73. The fraction of sp³-hybridized carbons (Fsp3) is 0.806. The first kappa shape index (κ1) is 30.1. The highest BCUT2D eigenvalue weighted by Crippen LogP contribution is 2.70. The van der Waals surface area contributed by atoms with Gasteiger partial charge in [-0.1, -0.05) is 41.5 Å². The SMILES string of the molecule is COC(=O)C(C)CC(=O)C[C@@H](C)[C@H]1CC(=O)[C@@]2(C)C3=C(C(=O)[C@@H](O)[C@]12C)[C@@]1(C)CC[C@H](O)C(C)(C)[C@@H]1C[C@@H]3O. The molecule has 8 nitrogen and oxygen atoms in total. The van der Waals surface area contributed by atoms with Crippen LogP contribution in [0, 0.1) is 45.3 Å². The van der Waals surface area contributed by atoms with E-state index in [0.29, 0.717) is 30.4 Å². The first-order chi connectivity index (χ1) is 17.9. The zero-order valence-electron chi connectivity index (χ0n) is 24.7. The molecule has 4 aliphatic rings. The van der Waals surface area contributed by atoms with Crippen LogP contribution in [0.3, 0.4) is 0 Å². The molecule has 2 fully saturated rings. The maximum atomic E-state index is 14.2. The summed E-state index contributed by atoms with van der Waals surface area (Å²) in [5.41, 5.74) is -2.91. The number of hydrogen-bond acceptors (Lipinski definition) is 8. The molecule has 0 heterocycles. The number of methoxy groups -OCH3 is 1. The van der Waals surface area contributed by atoms with E-state index in [-0.39, 0.29) is 42.7 Å². The van der Waals surface area contributed by atoms with E-state index in [9.17, 15) is 34.5 Å². The number of Topliss-reactive ketones (excluding diaryl/α,β-unsaturated/α-hetero) is 3. The van der Waals surface area contributed by atoms with Gasteiger partial charge in [0.05, 0.1) is 30.7 Å². The van der Waals surface area contributed by atoms with Gasteiger partial charge in [0.15, 0.2) is 5.78 Å². The van der Waals surface area contributed by atoms with Crippen molar-refractivity contribution in [1.29, 1.82) is 0 Å². The molecule has 0 aromatic carbocycles. The Balaban J connectivity index is 1.76. The highest BCUT2D eigenvalue weighted by Gasteiger charge is 2.73. The lowest BCUT2D eigenvalue weighted by atomic mass is 9.42. The van der Waals surface area contributed by atoms with Crippen LogP contribution in [0.5, 0.6) is 0 Å². The maximum absolute atomic E-state index is 14.2. The summed E-state index contributed by atoms with van der Waals surface area (Å²) >= 11 is 0. The van der Waals surface area contributed by atoms with Gasteiger partial charge in [-0.05, 0) is 60.3 Å². The summed E-state index contributed by atoms with van der Waals surface area (Å²) in [5, 5.41) is 34.2. The van der Waals surface area contributed by atoms with E-state index in [1.807, 2.05) is 27.7 Å². The van der Waals surface area contributed by atoms with E-state index >= 15 is 0 Å². The summed E-state index contributed by atoms with van der Waals surface area (Å²) in [6.45, 7) is 12.9. The van der Waals surface area contributed by atoms with Gasteiger partial charge in [0, 0.05) is 30.3 Å². The molecule has 2 saturated carbocycles. The first-order valence-corrected chi connectivity index (χ1v) is 14.4. The van der Waals surface area contributed by atoms with Crippen molar-refractivity contribution in [1.82, 2.24) is 0 Å². The van der Waals surface area contributed by atoms with Crippen molar-refractivity contribution in [2.45, 2.75) is 105 Å². The highest BCUT2D eigenvalue weighted by molar-refractivity contribution is 6.07. The van der Waals surface area contributed by atoms with Gasteiger partial charge in [-0.25, -0.2) is 0 Å². The molecule has 0 spiro atoms. The average Bonchev–Trinajstić information content (AvgIpc) is 3.07. The number of ketones is 3. The van der Waals surface area contributed by atoms with Crippen LogP contribution in [0.4, 0.5) is 0 Å². The quantitative estimate of drug-likeness (QED) is 0.432. The first-order valence-electron chi connectivity index (χ1n) is 14.4. The van der Waals surface area contributed by atoms with Crippen LogP contribution in [-0.4, -0.2) is 64.1 Å². The molecule has 0 amide bonds. The third-order valence-corrected chi connectivity index (χ3v) is 11.9. The molecular weight excluding hydrogens is 500 g/mol. The highest BCUT2D eigenvalue weighted by atomic mass is 16.5. The zero-order chi connectivity index (χ0) is 29.5. The minimum atomic E-state index is -1.47. The van der Waals surface area contributed by atoms with Crippen molar-refractivity contribution in [3.05, 3.63) is 11.1 Å². The van der Waals surface area contributed by atoms with Gasteiger partial charge < -0.3 is 20.1 Å². The van der Waals surface area contributed by atoms with Crippen molar-refractivity contribution in [2.75, 3.05) is 7.11 Å². The molecule has 4 aliphatic carbocycles. The molecule has 1 unspecified atom stereocenters. The van der Waals surface area contributed by atoms with Crippen LogP contribution < -0.4 is 0 Å². The molecule has 0 saturated heterocycles. The van der Waals surface area contributed by atoms with E-state index in [4.69, 9.17) is 4.74 Å². The number of aliphatic hydroxyl groups excluding tert-OH is 3. The van der Waals surface area contributed by atoms with E-state index in [1.165, 1.54) is 7.11 Å². The lowest BCUT2D eigenvalue weighted by Gasteiger charge is -2.62. The Kier molecular flexibility index (Phi) is 7.39. The summed E-state index contributed by atoms with van der Waals surface area (Å²) in [6, 6.07) is 0. The molecule has 0 aliphatic heterocycles. The lowest BCUT2D eigenvalue weighted by molar-refractivity contribution is -0.159. The second-order valence-corrected chi connectivity index (χ2v) is 14.1. The fourth-order valence-electron chi connectivity index (χ4n) is 9.33. The molecule has 0 aromatic rings. The van der Waals surface area contributed by atoms with Crippen molar-refractivity contribution in [3.63, 3.8) is 0 Å². The molecule has 8 heteroatoms. The van der Waals surface area contributed by atoms with Crippen LogP contribution in [0.25, 0.3) is 0 Å². The van der Waals surface area contributed by atoms with E-state index < -0.39 is 63.6 Å². The normalized spacial score (nSPS) is 42.8. The number of aliphatic hydroxyl groups is 3. The Morgan fingerprint density at radius 3 is 2.23 bits per heavy atom. The van der Waals surface area contributed by atoms with Crippen LogP contribution in [-0.2, 0) is 23.9 Å². The van der Waals surface area contributed by atoms with Crippen molar-refractivity contribution < 1.29 is 39.2 Å². The Hall–Kier alpha value is -1.90. The fourth-order valence-corrected chi connectivity index (χ4v) is 9.33. The summed E-state index contributed by atoms with van der Waals surface area (Å²) in [5.74, 6) is -2.77. The molecule has 218 valence electrons. The van der Waals surface area contributed by atoms with Crippen LogP contribution in [0.1, 0.15) is 87.0 Å². The summed E-state index contributed by atoms with van der Waals surface area (Å²) in [7, 11) is 1.28. The van der Waals surface area contributed by atoms with Crippen molar-refractivity contribution >= 4 is 23.3 Å². The van der Waals surface area contributed by atoms with Gasteiger partial charge in [0.2, 0.25) is 0 Å². The van der Waals surface area contributed by atoms with E-state index in [0.717, 1.165) is 0 Å². The standard InChI is InChI=1S/C31H46O8/c1-15(11-17(32)12-16(2)27(38)39-8)18-13-22(35)31(7)23-19(33)14-20-28(3,4)21(34)9-10-29(20,5)24(23)25(36)26(37)30(18,31)6/h15-16,18-21,26,33-34,37H,9-14H2,1-8H3/t15-,16?,18-,19+,20+,21+,26-,29+,30+,31+/m1/s1. The number of fused-ring (bicyclic) bond motifs is 4. The molecule has 0 radical (unpaired) electrons. The predicted octanol–water partition coefficient (Wildman–Crippen LogP) is 3.19. The maximum Gasteiger partial charge on any atom is 0.308 e. The van der Waals surface area contributed by atoms with Crippen LogP contribution in [0.2, 0.25) is 0 Å². The average molecular weight is 547 g/mol. The van der Waals surface area contributed by atoms with Crippen molar-refractivity contribution in [3.8, 4) is 0 Å². The molecule has 39 heavy (non-hydrogen) atoms. The number of carbonyl (C=O) groups excluding carboxylic acids is 4. The second kappa shape index (κ2) is 9.59. The summed E-state index contributed by atoms with van der Waals surface area (Å²) in [6.07, 6.45) is -1.55. The van der Waals surface area contributed by atoms with Gasteiger partial charge in [-0.3, -0.25) is 19.2 Å². The van der Waals surface area contributed by atoms with Gasteiger partial charge in [0.1, 0.15) is 17.7 Å².